The average molecular weight is 548 g/mol. The quantitative estimate of drug-likeness (QED) is 0.238. The number of benzene rings is 4. The maximum absolute atomic E-state index is 13.1. The van der Waals surface area contributed by atoms with Crippen molar-refractivity contribution in [2.45, 2.75) is 5.92 Å². The smallest absolute Gasteiger partial charge is 0.276 e. The minimum Gasteiger partial charge on any atom is -0.483 e. The number of hydrogen-bond donors (Lipinski definition) is 3. The molecular formula is C27H22BrN3O3S. The number of fused-ring (bicyclic) bond motifs is 1. The van der Waals surface area contributed by atoms with Crippen LogP contribution in [-0.2, 0) is 9.59 Å². The number of ether oxygens (including phenoxy) is 1. The monoisotopic (exact) mass is 547 g/mol. The molecule has 3 N–H and O–H groups in total. The zero-order valence-corrected chi connectivity index (χ0v) is 20.9. The molecule has 4 aromatic rings. The lowest BCUT2D eigenvalue weighted by molar-refractivity contribution is -0.124. The fourth-order valence-corrected chi connectivity index (χ4v) is 4.39. The van der Waals surface area contributed by atoms with Gasteiger partial charge in [-0.15, -0.1) is 0 Å². The summed E-state index contributed by atoms with van der Waals surface area (Å²) >= 11 is 8.75. The minimum atomic E-state index is -0.554. The summed E-state index contributed by atoms with van der Waals surface area (Å²) in [7, 11) is 0. The van der Waals surface area contributed by atoms with E-state index in [0.29, 0.717) is 5.75 Å². The zero-order valence-electron chi connectivity index (χ0n) is 18.5. The van der Waals surface area contributed by atoms with Gasteiger partial charge in [0.25, 0.3) is 5.91 Å². The first kappa shape index (κ1) is 24.4. The van der Waals surface area contributed by atoms with Crippen LogP contribution in [0.15, 0.2) is 102 Å². The molecule has 0 aliphatic rings. The molecule has 6 nitrogen and oxygen atoms in total. The molecule has 0 saturated heterocycles. The van der Waals surface area contributed by atoms with Crippen LogP contribution in [0.3, 0.4) is 0 Å². The second kappa shape index (κ2) is 11.6. The van der Waals surface area contributed by atoms with Crippen LogP contribution in [0.1, 0.15) is 17.0 Å². The van der Waals surface area contributed by atoms with Crippen LogP contribution in [0.4, 0.5) is 0 Å². The number of carbonyl (C=O) groups excluding carboxylic acids is 2. The van der Waals surface area contributed by atoms with Gasteiger partial charge in [0.2, 0.25) is 5.91 Å². The Balaban J connectivity index is 1.32. The number of thiocarbonyl (C=S) groups is 1. The summed E-state index contributed by atoms with van der Waals surface area (Å²) in [5.41, 5.74) is 6.67. The Morgan fingerprint density at radius 3 is 2.06 bits per heavy atom. The Hall–Kier alpha value is -3.75. The van der Waals surface area contributed by atoms with Crippen molar-refractivity contribution in [3.8, 4) is 5.75 Å². The molecule has 4 rings (SSSR count). The van der Waals surface area contributed by atoms with Crippen molar-refractivity contribution < 1.29 is 14.3 Å². The minimum absolute atomic E-state index is 0.0212. The van der Waals surface area contributed by atoms with Crippen molar-refractivity contribution in [2.75, 3.05) is 6.61 Å². The van der Waals surface area contributed by atoms with E-state index >= 15 is 0 Å². The predicted octanol–water partition coefficient (Wildman–Crippen LogP) is 4.84. The van der Waals surface area contributed by atoms with Crippen LogP contribution >= 0.6 is 28.1 Å². The number of carbonyl (C=O) groups is 2. The zero-order chi connectivity index (χ0) is 24.6. The SMILES string of the molecule is O=C(COc1ccc2ccccc2c1Br)NNC(=S)NC(=O)C(c1ccccc1)c1ccccc1. The first-order chi connectivity index (χ1) is 17.0. The van der Waals surface area contributed by atoms with E-state index in [1.165, 1.54) is 0 Å². The second-order valence-electron chi connectivity index (χ2n) is 7.63. The second-order valence-corrected chi connectivity index (χ2v) is 8.83. The molecule has 35 heavy (non-hydrogen) atoms. The molecule has 0 aromatic heterocycles. The Bertz CT molecular complexity index is 1310. The number of rotatable bonds is 6. The molecule has 0 atom stereocenters. The first-order valence-electron chi connectivity index (χ1n) is 10.8. The maximum atomic E-state index is 13.1. The van der Waals surface area contributed by atoms with Gasteiger partial charge in [0.1, 0.15) is 5.75 Å². The number of nitrogens with one attached hydrogen (secondary N) is 3. The van der Waals surface area contributed by atoms with Gasteiger partial charge in [-0.3, -0.25) is 20.4 Å². The Kier molecular flexibility index (Phi) is 8.07. The van der Waals surface area contributed by atoms with E-state index in [9.17, 15) is 9.59 Å². The van der Waals surface area contributed by atoms with Crippen molar-refractivity contribution in [1.82, 2.24) is 16.2 Å². The Morgan fingerprint density at radius 1 is 0.800 bits per heavy atom. The van der Waals surface area contributed by atoms with E-state index in [4.69, 9.17) is 17.0 Å². The summed E-state index contributed by atoms with van der Waals surface area (Å²) < 4.78 is 6.41. The summed E-state index contributed by atoms with van der Waals surface area (Å²) in [6.07, 6.45) is 0. The molecule has 2 amide bonds. The summed E-state index contributed by atoms with van der Waals surface area (Å²) in [5.74, 6) is -0.778. The molecule has 0 heterocycles. The molecule has 176 valence electrons. The van der Waals surface area contributed by atoms with Gasteiger partial charge in [0.05, 0.1) is 10.4 Å². The predicted molar refractivity (Wildman–Crippen MR) is 144 cm³/mol. The molecule has 0 radical (unpaired) electrons. The number of hydrazine groups is 1. The summed E-state index contributed by atoms with van der Waals surface area (Å²) in [6.45, 7) is -0.239. The molecule has 0 saturated carbocycles. The normalized spacial score (nSPS) is 10.6. The van der Waals surface area contributed by atoms with E-state index in [-0.39, 0.29) is 17.6 Å². The van der Waals surface area contributed by atoms with E-state index in [1.807, 2.05) is 91.0 Å². The molecule has 8 heteroatoms. The highest BCUT2D eigenvalue weighted by molar-refractivity contribution is 9.10. The number of hydrogen-bond acceptors (Lipinski definition) is 4. The van der Waals surface area contributed by atoms with E-state index in [2.05, 4.69) is 32.1 Å². The topological polar surface area (TPSA) is 79.5 Å². The van der Waals surface area contributed by atoms with Crippen molar-refractivity contribution in [1.29, 1.82) is 0 Å². The van der Waals surface area contributed by atoms with Gasteiger partial charge >= 0.3 is 0 Å². The average Bonchev–Trinajstić information content (AvgIpc) is 2.88. The molecular weight excluding hydrogens is 526 g/mol. The largest absolute Gasteiger partial charge is 0.483 e. The lowest BCUT2D eigenvalue weighted by Gasteiger charge is -2.19. The van der Waals surface area contributed by atoms with E-state index in [0.717, 1.165) is 26.4 Å². The summed E-state index contributed by atoms with van der Waals surface area (Å²) in [5, 5.41) is 4.68. The van der Waals surface area contributed by atoms with Crippen LogP contribution in [0.2, 0.25) is 0 Å². The van der Waals surface area contributed by atoms with Gasteiger partial charge in [0, 0.05) is 0 Å². The van der Waals surface area contributed by atoms with E-state index < -0.39 is 11.8 Å². The van der Waals surface area contributed by atoms with Crippen LogP contribution in [0.25, 0.3) is 10.8 Å². The van der Waals surface area contributed by atoms with Gasteiger partial charge < -0.3 is 10.1 Å². The first-order valence-corrected chi connectivity index (χ1v) is 12.0. The summed E-state index contributed by atoms with van der Waals surface area (Å²) in [6, 6.07) is 30.4. The molecule has 0 aliphatic carbocycles. The Morgan fingerprint density at radius 2 is 1.40 bits per heavy atom. The molecule has 0 fully saturated rings. The highest BCUT2D eigenvalue weighted by atomic mass is 79.9. The van der Waals surface area contributed by atoms with Crippen molar-refractivity contribution in [3.05, 3.63) is 113 Å². The van der Waals surface area contributed by atoms with Crippen molar-refractivity contribution in [3.63, 3.8) is 0 Å². The standard InChI is InChI=1S/C27H22BrN3O3S/c28-25-21-14-8-7-9-18(21)15-16-22(25)34-17-23(32)30-31-27(35)29-26(33)24(19-10-3-1-4-11-19)20-12-5-2-6-13-20/h1-16,24H,17H2,(H,30,32)(H2,29,31,33,35). The molecule has 4 aromatic carbocycles. The molecule has 0 unspecified atom stereocenters. The number of amides is 2. The molecule has 0 aliphatic heterocycles. The van der Waals surface area contributed by atoms with Gasteiger partial charge in [-0.1, -0.05) is 91.0 Å². The molecule has 0 spiro atoms. The third kappa shape index (κ3) is 6.23. The molecule has 0 bridgehead atoms. The van der Waals surface area contributed by atoms with Crippen LogP contribution in [0, 0.1) is 0 Å². The summed E-state index contributed by atoms with van der Waals surface area (Å²) in [4.78, 5) is 25.3. The fraction of sp³-hybridized carbons (Fsp3) is 0.0741. The van der Waals surface area contributed by atoms with Gasteiger partial charge in [-0.2, -0.15) is 0 Å². The van der Waals surface area contributed by atoms with Crippen molar-refractivity contribution in [2.24, 2.45) is 0 Å². The van der Waals surface area contributed by atoms with Crippen LogP contribution in [0.5, 0.6) is 5.75 Å². The number of halogens is 1. The van der Waals surface area contributed by atoms with Gasteiger partial charge in [0.15, 0.2) is 11.7 Å². The van der Waals surface area contributed by atoms with Crippen LogP contribution in [-0.4, -0.2) is 23.5 Å². The Labute approximate surface area is 216 Å². The lowest BCUT2D eigenvalue weighted by Crippen LogP contribution is -2.50. The van der Waals surface area contributed by atoms with Gasteiger partial charge in [-0.05, 0) is 56.1 Å². The van der Waals surface area contributed by atoms with E-state index in [1.54, 1.807) is 6.07 Å². The lowest BCUT2D eigenvalue weighted by atomic mass is 9.90. The highest BCUT2D eigenvalue weighted by Gasteiger charge is 2.23. The highest BCUT2D eigenvalue weighted by Crippen LogP contribution is 2.33. The van der Waals surface area contributed by atoms with Crippen molar-refractivity contribution >= 4 is 55.8 Å². The van der Waals surface area contributed by atoms with Gasteiger partial charge in [-0.25, -0.2) is 0 Å². The fourth-order valence-electron chi connectivity index (χ4n) is 3.63. The maximum Gasteiger partial charge on any atom is 0.276 e. The van der Waals surface area contributed by atoms with Crippen LogP contribution < -0.4 is 20.9 Å². The third-order valence-electron chi connectivity index (χ3n) is 5.27. The third-order valence-corrected chi connectivity index (χ3v) is 6.29.